The molecule has 1 aliphatic heterocycles. The minimum absolute atomic E-state index is 0.0670. The van der Waals surface area contributed by atoms with Gasteiger partial charge in [0.05, 0.1) is 32.0 Å². The van der Waals surface area contributed by atoms with Crippen molar-refractivity contribution in [1.82, 2.24) is 4.90 Å². The summed E-state index contributed by atoms with van der Waals surface area (Å²) in [5.41, 5.74) is -2.08. The minimum atomic E-state index is -1.61. The minimum Gasteiger partial charge on any atom is -0.478 e. The number of benzene rings is 1. The monoisotopic (exact) mass is 469 g/mol. The third-order valence-corrected chi connectivity index (χ3v) is 6.21. The van der Waals surface area contributed by atoms with Gasteiger partial charge in [-0.05, 0) is 53.2 Å². The van der Waals surface area contributed by atoms with Crippen LogP contribution >= 0.6 is 23.2 Å². The Kier molecular flexibility index (Phi) is 6.83. The molecule has 0 saturated carbocycles. The second-order valence-electron chi connectivity index (χ2n) is 8.50. The highest BCUT2D eigenvalue weighted by molar-refractivity contribution is 6.42. The summed E-state index contributed by atoms with van der Waals surface area (Å²) in [5, 5.41) is 20.4. The number of halogens is 2. The molecule has 2 N–H and O–H groups in total. The van der Waals surface area contributed by atoms with Gasteiger partial charge in [0.1, 0.15) is 0 Å². The Morgan fingerprint density at radius 3 is 1.94 bits per heavy atom. The zero-order valence-corrected chi connectivity index (χ0v) is 19.7. The van der Waals surface area contributed by atoms with Crippen molar-refractivity contribution in [2.75, 3.05) is 6.73 Å². The van der Waals surface area contributed by atoms with Crippen LogP contribution in [0.4, 0.5) is 0 Å². The lowest BCUT2D eigenvalue weighted by Gasteiger charge is -2.43. The second kappa shape index (κ2) is 8.55. The van der Waals surface area contributed by atoms with E-state index in [2.05, 4.69) is 0 Å². The molecule has 2 rings (SSSR count). The molecule has 0 aromatic heterocycles. The number of aliphatic carboxylic acids is 2. The number of carboxylic acids is 2. The van der Waals surface area contributed by atoms with Crippen molar-refractivity contribution in [2.45, 2.75) is 47.0 Å². The predicted molar refractivity (Wildman–Crippen MR) is 117 cm³/mol. The molecule has 0 atom stereocenters. The molecule has 0 spiro atoms. The van der Waals surface area contributed by atoms with Crippen LogP contribution in [0, 0.1) is 5.41 Å². The van der Waals surface area contributed by atoms with E-state index in [1.165, 1.54) is 31.7 Å². The molecule has 1 aliphatic rings. The third kappa shape index (κ3) is 4.29. The quantitative estimate of drug-likeness (QED) is 0.594. The van der Waals surface area contributed by atoms with Crippen LogP contribution in [-0.2, 0) is 24.5 Å². The molecule has 7 nitrogen and oxygen atoms in total. The molecule has 1 aromatic carbocycles. The molecule has 0 radical (unpaired) electrons. The number of allylic oxidation sites excluding steroid dienone is 2. The van der Waals surface area contributed by atoms with Crippen LogP contribution in [0.3, 0.4) is 0 Å². The standard InChI is InChI=1S/C22H25Cl2NO6/c1-11-15(18(26)27)22(6,13-8-7-9-14(23)17(13)24)16(19(28)29)12(2)25(11)10-31-20(30)21(3,4)5/h7-9H,10H2,1-6H3,(H,26,27)(H,28,29). The van der Waals surface area contributed by atoms with Gasteiger partial charge in [-0.25, -0.2) is 9.59 Å². The molecular weight excluding hydrogens is 445 g/mol. The average molecular weight is 470 g/mol. The molecular formula is C22H25Cl2NO6. The van der Waals surface area contributed by atoms with Gasteiger partial charge in [-0.15, -0.1) is 0 Å². The summed E-state index contributed by atoms with van der Waals surface area (Å²) in [7, 11) is 0. The zero-order valence-electron chi connectivity index (χ0n) is 18.2. The van der Waals surface area contributed by atoms with E-state index in [1.807, 2.05) is 0 Å². The fourth-order valence-electron chi connectivity index (χ4n) is 3.80. The van der Waals surface area contributed by atoms with Crippen LogP contribution in [0.15, 0.2) is 40.7 Å². The maximum absolute atomic E-state index is 12.4. The van der Waals surface area contributed by atoms with E-state index in [0.717, 1.165) is 0 Å². The molecule has 31 heavy (non-hydrogen) atoms. The third-order valence-electron chi connectivity index (χ3n) is 5.39. The number of carbonyl (C=O) groups excluding carboxylic acids is 1. The average Bonchev–Trinajstić information content (AvgIpc) is 2.61. The topological polar surface area (TPSA) is 104 Å². The van der Waals surface area contributed by atoms with Crippen molar-refractivity contribution in [1.29, 1.82) is 0 Å². The molecule has 1 heterocycles. The van der Waals surface area contributed by atoms with Crippen LogP contribution in [-0.4, -0.2) is 39.8 Å². The molecule has 0 unspecified atom stereocenters. The van der Waals surface area contributed by atoms with E-state index in [0.29, 0.717) is 0 Å². The summed E-state index contributed by atoms with van der Waals surface area (Å²) >= 11 is 12.5. The summed E-state index contributed by atoms with van der Waals surface area (Å²) in [5.74, 6) is -3.16. The Labute approximate surface area is 190 Å². The lowest BCUT2D eigenvalue weighted by Crippen LogP contribution is -2.45. The van der Waals surface area contributed by atoms with E-state index in [-0.39, 0.29) is 44.9 Å². The van der Waals surface area contributed by atoms with Crippen molar-refractivity contribution in [3.8, 4) is 0 Å². The molecule has 0 bridgehead atoms. The predicted octanol–water partition coefficient (Wildman–Crippen LogP) is 4.83. The van der Waals surface area contributed by atoms with Gasteiger partial charge in [-0.1, -0.05) is 35.3 Å². The Morgan fingerprint density at radius 1 is 1.03 bits per heavy atom. The van der Waals surface area contributed by atoms with E-state index in [4.69, 9.17) is 27.9 Å². The first-order valence-electron chi connectivity index (χ1n) is 9.44. The number of hydrogen-bond donors (Lipinski definition) is 2. The molecule has 9 heteroatoms. The van der Waals surface area contributed by atoms with Crippen LogP contribution in [0.5, 0.6) is 0 Å². The number of nitrogens with zero attached hydrogens (tertiary/aromatic N) is 1. The van der Waals surface area contributed by atoms with E-state index >= 15 is 0 Å². The number of carboxylic acid groups (broad SMARTS) is 2. The van der Waals surface area contributed by atoms with E-state index in [1.54, 1.807) is 32.9 Å². The van der Waals surface area contributed by atoms with Gasteiger partial charge in [-0.2, -0.15) is 0 Å². The second-order valence-corrected chi connectivity index (χ2v) is 9.28. The number of hydrogen-bond acceptors (Lipinski definition) is 5. The molecule has 0 amide bonds. The summed E-state index contributed by atoms with van der Waals surface area (Å²) in [6.07, 6.45) is 0. The highest BCUT2D eigenvalue weighted by Gasteiger charge is 2.50. The number of carbonyl (C=O) groups is 3. The van der Waals surface area contributed by atoms with Crippen LogP contribution in [0.25, 0.3) is 0 Å². The van der Waals surface area contributed by atoms with Crippen LogP contribution < -0.4 is 0 Å². The molecule has 0 fully saturated rings. The zero-order chi connectivity index (χ0) is 23.9. The highest BCUT2D eigenvalue weighted by Crippen LogP contribution is 2.49. The summed E-state index contributed by atoms with van der Waals surface area (Å²) in [4.78, 5) is 38.4. The Balaban J connectivity index is 2.77. The largest absolute Gasteiger partial charge is 0.478 e. The number of rotatable bonds is 5. The van der Waals surface area contributed by atoms with Gasteiger partial charge >= 0.3 is 17.9 Å². The van der Waals surface area contributed by atoms with Gasteiger partial charge < -0.3 is 19.8 Å². The van der Waals surface area contributed by atoms with Gasteiger partial charge in [0.15, 0.2) is 6.73 Å². The molecule has 1 aromatic rings. The first-order chi connectivity index (χ1) is 14.2. The van der Waals surface area contributed by atoms with Gasteiger partial charge in [-0.3, -0.25) is 4.79 Å². The van der Waals surface area contributed by atoms with Crippen LogP contribution in [0.2, 0.25) is 10.0 Å². The Bertz CT molecular complexity index is 981. The summed E-state index contributed by atoms with van der Waals surface area (Å²) in [6, 6.07) is 4.66. The molecule has 0 aliphatic carbocycles. The van der Waals surface area contributed by atoms with Crippen molar-refractivity contribution in [3.05, 3.63) is 56.3 Å². The van der Waals surface area contributed by atoms with Crippen molar-refractivity contribution >= 4 is 41.1 Å². The number of esters is 1. The molecule has 0 saturated heterocycles. The SMILES string of the molecule is CC1=C(C(=O)O)C(C)(c2cccc(Cl)c2Cl)C(C(=O)O)=C(C)N1COC(=O)C(C)(C)C. The molecule has 168 valence electrons. The van der Waals surface area contributed by atoms with Gasteiger partial charge in [0.25, 0.3) is 0 Å². The Morgan fingerprint density at radius 2 is 1.52 bits per heavy atom. The van der Waals surface area contributed by atoms with Gasteiger partial charge in [0.2, 0.25) is 0 Å². The van der Waals surface area contributed by atoms with Crippen molar-refractivity contribution in [3.63, 3.8) is 0 Å². The maximum Gasteiger partial charge on any atom is 0.334 e. The lowest BCUT2D eigenvalue weighted by atomic mass is 9.67. The summed E-state index contributed by atoms with van der Waals surface area (Å²) < 4.78 is 5.35. The fourth-order valence-corrected chi connectivity index (χ4v) is 4.29. The van der Waals surface area contributed by atoms with E-state index in [9.17, 15) is 24.6 Å². The fraction of sp³-hybridized carbons (Fsp3) is 0.409. The van der Waals surface area contributed by atoms with Crippen molar-refractivity contribution < 1.29 is 29.3 Å². The van der Waals surface area contributed by atoms with E-state index < -0.39 is 28.7 Å². The maximum atomic E-state index is 12.4. The Hall–Kier alpha value is -2.51. The lowest BCUT2D eigenvalue weighted by molar-refractivity contribution is -0.156. The first-order valence-corrected chi connectivity index (χ1v) is 10.2. The highest BCUT2D eigenvalue weighted by atomic mass is 35.5. The number of ether oxygens (including phenoxy) is 1. The normalized spacial score (nSPS) is 16.5. The van der Waals surface area contributed by atoms with Gasteiger partial charge in [0, 0.05) is 11.4 Å². The van der Waals surface area contributed by atoms with Crippen molar-refractivity contribution in [2.24, 2.45) is 5.41 Å². The van der Waals surface area contributed by atoms with Crippen LogP contribution in [0.1, 0.15) is 47.1 Å². The summed E-state index contributed by atoms with van der Waals surface area (Å²) in [6.45, 7) is 9.27. The first kappa shape index (κ1) is 24.8. The smallest absolute Gasteiger partial charge is 0.334 e.